The van der Waals surface area contributed by atoms with Crippen molar-refractivity contribution < 1.29 is 23.9 Å². The molecule has 1 saturated heterocycles. The minimum absolute atomic E-state index is 0.00853. The summed E-state index contributed by atoms with van der Waals surface area (Å²) in [5.74, 6) is -2.23. The summed E-state index contributed by atoms with van der Waals surface area (Å²) in [6.07, 6.45) is -0.756. The number of aromatic nitrogens is 1. The summed E-state index contributed by atoms with van der Waals surface area (Å²) in [5, 5.41) is 13.4. The first kappa shape index (κ1) is 27.9. The molecular formula is C30H33FN4O4S. The van der Waals surface area contributed by atoms with Gasteiger partial charge in [-0.15, -0.1) is 11.3 Å². The maximum absolute atomic E-state index is 14.4. The Balaban J connectivity index is 1.30. The van der Waals surface area contributed by atoms with Crippen LogP contribution in [0.2, 0.25) is 0 Å². The molecule has 5 rings (SSSR count). The van der Waals surface area contributed by atoms with Crippen molar-refractivity contribution in [1.29, 1.82) is 0 Å². The van der Waals surface area contributed by atoms with Crippen molar-refractivity contribution in [3.8, 4) is 10.4 Å². The predicted octanol–water partition coefficient (Wildman–Crippen LogP) is 3.82. The second kappa shape index (κ2) is 11.1. The molecule has 0 radical (unpaired) electrons. The van der Waals surface area contributed by atoms with E-state index in [1.165, 1.54) is 15.9 Å². The summed E-state index contributed by atoms with van der Waals surface area (Å²) in [4.78, 5) is 48.5. The number of amides is 3. The van der Waals surface area contributed by atoms with Gasteiger partial charge < -0.3 is 20.2 Å². The van der Waals surface area contributed by atoms with Crippen molar-refractivity contribution in [3.05, 3.63) is 75.7 Å². The number of thiazole rings is 1. The number of carbonyl (C=O) groups is 3. The standard InChI is InChI=1S/C30H33FN4O4S/c1-16(2)26(35-13-21-6-5-7-23(31)25(21)29(35)38)30(39)34-14-22(36)11-24(34)28(37)32-12-20-9-8-19(10-17(20)3)27-18(4)33-15-40-27/h5-10,15-16,22,24,26,36H,11-14H2,1-4H3,(H,32,37). The molecular weight excluding hydrogens is 531 g/mol. The highest BCUT2D eigenvalue weighted by Crippen LogP contribution is 2.32. The molecule has 3 heterocycles. The van der Waals surface area contributed by atoms with Crippen LogP contribution in [0.3, 0.4) is 0 Å². The molecule has 0 saturated carbocycles. The number of rotatable bonds is 7. The molecule has 10 heteroatoms. The van der Waals surface area contributed by atoms with Crippen LogP contribution in [0.4, 0.5) is 4.39 Å². The van der Waals surface area contributed by atoms with Gasteiger partial charge in [-0.05, 0) is 48.1 Å². The van der Waals surface area contributed by atoms with Crippen LogP contribution < -0.4 is 5.32 Å². The molecule has 3 atom stereocenters. The molecule has 2 aliphatic heterocycles. The zero-order valence-corrected chi connectivity index (χ0v) is 23.8. The lowest BCUT2D eigenvalue weighted by atomic mass is 10.00. The summed E-state index contributed by atoms with van der Waals surface area (Å²) in [5.41, 5.74) is 6.34. The van der Waals surface area contributed by atoms with Crippen LogP contribution in [0.1, 0.15) is 53.0 Å². The van der Waals surface area contributed by atoms with Gasteiger partial charge in [-0.1, -0.05) is 44.2 Å². The molecule has 0 aliphatic carbocycles. The highest BCUT2D eigenvalue weighted by molar-refractivity contribution is 7.13. The number of β-amino-alcohol motifs (C(OH)–C–C–N with tert-alkyl or cyclic N) is 1. The Morgan fingerprint density at radius 3 is 2.65 bits per heavy atom. The summed E-state index contributed by atoms with van der Waals surface area (Å²) in [6.45, 7) is 7.97. The molecule has 3 unspecified atom stereocenters. The number of aliphatic hydroxyl groups excluding tert-OH is 1. The van der Waals surface area contributed by atoms with E-state index in [-0.39, 0.29) is 43.4 Å². The highest BCUT2D eigenvalue weighted by atomic mass is 32.1. The molecule has 2 aliphatic rings. The van der Waals surface area contributed by atoms with Crippen molar-refractivity contribution in [2.75, 3.05) is 6.54 Å². The molecule has 8 nitrogen and oxygen atoms in total. The number of nitrogens with one attached hydrogen (secondary N) is 1. The molecule has 210 valence electrons. The number of hydrogen-bond donors (Lipinski definition) is 2. The number of hydrogen-bond acceptors (Lipinski definition) is 6. The number of aliphatic hydroxyl groups is 1. The molecule has 2 N–H and O–H groups in total. The number of carbonyl (C=O) groups excluding carboxylic acids is 3. The second-order valence-corrected chi connectivity index (χ2v) is 11.8. The summed E-state index contributed by atoms with van der Waals surface area (Å²) < 4.78 is 14.4. The Kier molecular flexibility index (Phi) is 7.74. The third-order valence-electron chi connectivity index (χ3n) is 7.80. The van der Waals surface area contributed by atoms with Gasteiger partial charge in [0, 0.05) is 26.1 Å². The van der Waals surface area contributed by atoms with E-state index < -0.39 is 35.8 Å². The average Bonchev–Trinajstić information content (AvgIpc) is 3.60. The lowest BCUT2D eigenvalue weighted by Crippen LogP contribution is -2.55. The zero-order valence-electron chi connectivity index (χ0n) is 23.0. The van der Waals surface area contributed by atoms with Crippen molar-refractivity contribution in [1.82, 2.24) is 20.1 Å². The second-order valence-electron chi connectivity index (χ2n) is 10.9. The van der Waals surface area contributed by atoms with Gasteiger partial charge in [-0.25, -0.2) is 9.37 Å². The van der Waals surface area contributed by atoms with Crippen LogP contribution in [0.15, 0.2) is 41.9 Å². The molecule has 3 amide bonds. The quantitative estimate of drug-likeness (QED) is 0.454. The van der Waals surface area contributed by atoms with E-state index in [0.29, 0.717) is 5.56 Å². The van der Waals surface area contributed by atoms with Crippen molar-refractivity contribution in [3.63, 3.8) is 0 Å². The van der Waals surface area contributed by atoms with Gasteiger partial charge in [0.15, 0.2) is 0 Å². The minimum Gasteiger partial charge on any atom is -0.391 e. The fourth-order valence-corrected chi connectivity index (χ4v) is 6.53. The van der Waals surface area contributed by atoms with Crippen molar-refractivity contribution in [2.45, 2.75) is 65.4 Å². The van der Waals surface area contributed by atoms with E-state index in [1.807, 2.05) is 45.3 Å². The van der Waals surface area contributed by atoms with Crippen LogP contribution in [-0.2, 0) is 22.7 Å². The maximum atomic E-state index is 14.4. The SMILES string of the molecule is Cc1cc(-c2scnc2C)ccc1CNC(=O)C1CC(O)CN1C(=O)C(C(C)C)N1Cc2cccc(F)c2C1=O. The van der Waals surface area contributed by atoms with Crippen molar-refractivity contribution in [2.24, 2.45) is 5.92 Å². The fourth-order valence-electron chi connectivity index (χ4n) is 5.73. The topological polar surface area (TPSA) is 103 Å². The Bertz CT molecular complexity index is 1470. The normalized spacial score (nSPS) is 19.3. The number of benzene rings is 2. The van der Waals surface area contributed by atoms with Gasteiger partial charge in [-0.3, -0.25) is 14.4 Å². The van der Waals surface area contributed by atoms with Crippen LogP contribution in [0.5, 0.6) is 0 Å². The number of fused-ring (bicyclic) bond motifs is 1. The number of aryl methyl sites for hydroxylation is 2. The van der Waals surface area contributed by atoms with E-state index in [0.717, 1.165) is 27.3 Å². The number of likely N-dealkylation sites (tertiary alicyclic amines) is 1. The average molecular weight is 565 g/mol. The Labute approximate surface area is 236 Å². The van der Waals surface area contributed by atoms with Gasteiger partial charge in [0.2, 0.25) is 11.8 Å². The lowest BCUT2D eigenvalue weighted by molar-refractivity contribution is -0.143. The van der Waals surface area contributed by atoms with Crippen LogP contribution in [0, 0.1) is 25.6 Å². The third kappa shape index (κ3) is 5.13. The van der Waals surface area contributed by atoms with Gasteiger partial charge in [0.25, 0.3) is 5.91 Å². The van der Waals surface area contributed by atoms with Crippen LogP contribution >= 0.6 is 11.3 Å². The smallest absolute Gasteiger partial charge is 0.258 e. The maximum Gasteiger partial charge on any atom is 0.258 e. The van der Waals surface area contributed by atoms with Gasteiger partial charge in [0.1, 0.15) is 17.9 Å². The molecule has 0 spiro atoms. The Morgan fingerprint density at radius 2 is 2.00 bits per heavy atom. The molecule has 1 aromatic heterocycles. The first-order valence-electron chi connectivity index (χ1n) is 13.4. The van der Waals surface area contributed by atoms with E-state index in [1.54, 1.807) is 23.5 Å². The van der Waals surface area contributed by atoms with E-state index in [2.05, 4.69) is 16.4 Å². The lowest BCUT2D eigenvalue weighted by Gasteiger charge is -2.35. The Morgan fingerprint density at radius 1 is 1.23 bits per heavy atom. The van der Waals surface area contributed by atoms with Crippen LogP contribution in [0.25, 0.3) is 10.4 Å². The summed E-state index contributed by atoms with van der Waals surface area (Å²) in [6, 6.07) is 8.74. The number of nitrogens with zero attached hydrogens (tertiary/aromatic N) is 3. The zero-order chi connectivity index (χ0) is 28.7. The van der Waals surface area contributed by atoms with Gasteiger partial charge in [0.05, 0.1) is 27.7 Å². The molecule has 3 aromatic rings. The Hall–Kier alpha value is -3.63. The highest BCUT2D eigenvalue weighted by Gasteiger charge is 2.46. The van der Waals surface area contributed by atoms with Gasteiger partial charge >= 0.3 is 0 Å². The molecule has 1 fully saturated rings. The van der Waals surface area contributed by atoms with Gasteiger partial charge in [-0.2, -0.15) is 0 Å². The minimum atomic E-state index is -0.898. The fraction of sp³-hybridized carbons (Fsp3) is 0.400. The number of halogens is 1. The first-order chi connectivity index (χ1) is 19.1. The first-order valence-corrected chi connectivity index (χ1v) is 14.3. The third-order valence-corrected chi connectivity index (χ3v) is 8.78. The molecule has 2 aromatic carbocycles. The largest absolute Gasteiger partial charge is 0.391 e. The summed E-state index contributed by atoms with van der Waals surface area (Å²) >= 11 is 1.58. The summed E-state index contributed by atoms with van der Waals surface area (Å²) in [7, 11) is 0. The van der Waals surface area contributed by atoms with E-state index in [9.17, 15) is 23.9 Å². The van der Waals surface area contributed by atoms with E-state index >= 15 is 0 Å². The van der Waals surface area contributed by atoms with Crippen LogP contribution in [-0.4, -0.2) is 62.3 Å². The van der Waals surface area contributed by atoms with E-state index in [4.69, 9.17) is 0 Å². The predicted molar refractivity (Wildman–Crippen MR) is 150 cm³/mol. The van der Waals surface area contributed by atoms with Crippen molar-refractivity contribution >= 4 is 29.1 Å². The monoisotopic (exact) mass is 564 g/mol. The molecule has 40 heavy (non-hydrogen) atoms. The molecule has 0 bridgehead atoms.